The van der Waals surface area contributed by atoms with Crippen LogP contribution in [0, 0.1) is 11.8 Å². The summed E-state index contributed by atoms with van der Waals surface area (Å²) in [7, 11) is 1.45. The van der Waals surface area contributed by atoms with Crippen molar-refractivity contribution in [1.29, 1.82) is 0 Å². The van der Waals surface area contributed by atoms with E-state index in [-0.39, 0.29) is 12.3 Å². The molecule has 0 aromatic heterocycles. The number of carbonyl (C=O) groups excluding carboxylic acids is 1. The molecule has 0 amide bonds. The third kappa shape index (κ3) is 3.42. The van der Waals surface area contributed by atoms with E-state index in [1.165, 1.54) is 26.4 Å². The van der Waals surface area contributed by atoms with Gasteiger partial charge in [-0.25, -0.2) is 0 Å². The zero-order valence-electron chi connectivity index (χ0n) is 10.5. The summed E-state index contributed by atoms with van der Waals surface area (Å²) in [4.78, 5) is 11.2. The Balaban J connectivity index is 1.85. The Morgan fingerprint density at radius 1 is 1.24 bits per heavy atom. The average Bonchev–Trinajstić information content (AvgIpc) is 2.90. The monoisotopic (exact) mass is 242 g/mol. The first kappa shape index (κ1) is 12.8. The first-order valence-corrected chi connectivity index (χ1v) is 6.61. The molecule has 0 bridgehead atoms. The van der Waals surface area contributed by atoms with Crippen LogP contribution in [-0.2, 0) is 19.0 Å². The van der Waals surface area contributed by atoms with Crippen LogP contribution in [-0.4, -0.2) is 32.6 Å². The predicted molar refractivity (Wildman–Crippen MR) is 62.4 cm³/mol. The molecular weight excluding hydrogens is 220 g/mol. The van der Waals surface area contributed by atoms with Crippen molar-refractivity contribution in [3.8, 4) is 0 Å². The third-order valence-corrected chi connectivity index (χ3v) is 3.91. The fraction of sp³-hybridized carbons (Fsp3) is 0.923. The van der Waals surface area contributed by atoms with E-state index in [9.17, 15) is 4.79 Å². The molecule has 2 unspecified atom stereocenters. The molecule has 2 atom stereocenters. The van der Waals surface area contributed by atoms with E-state index in [1.54, 1.807) is 0 Å². The quantitative estimate of drug-likeness (QED) is 0.708. The van der Waals surface area contributed by atoms with E-state index in [1.807, 2.05) is 0 Å². The van der Waals surface area contributed by atoms with Gasteiger partial charge in [0.2, 0.25) is 0 Å². The van der Waals surface area contributed by atoms with Crippen molar-refractivity contribution in [1.82, 2.24) is 0 Å². The van der Waals surface area contributed by atoms with Crippen LogP contribution in [0.15, 0.2) is 0 Å². The molecule has 2 aliphatic rings. The van der Waals surface area contributed by atoms with Gasteiger partial charge in [0, 0.05) is 12.3 Å². The summed E-state index contributed by atoms with van der Waals surface area (Å²) in [6, 6.07) is 0. The third-order valence-electron chi connectivity index (χ3n) is 3.91. The van der Waals surface area contributed by atoms with Gasteiger partial charge in [-0.2, -0.15) is 0 Å². The normalized spacial score (nSPS) is 30.4. The van der Waals surface area contributed by atoms with Crippen molar-refractivity contribution < 1.29 is 19.0 Å². The first-order valence-electron chi connectivity index (χ1n) is 6.61. The van der Waals surface area contributed by atoms with E-state index in [4.69, 9.17) is 14.2 Å². The molecule has 2 rings (SSSR count). The van der Waals surface area contributed by atoms with E-state index < -0.39 is 0 Å². The largest absolute Gasteiger partial charge is 0.469 e. The minimum absolute atomic E-state index is 0.0297. The van der Waals surface area contributed by atoms with Crippen LogP contribution in [0.2, 0.25) is 0 Å². The fourth-order valence-corrected chi connectivity index (χ4v) is 2.98. The average molecular weight is 242 g/mol. The lowest BCUT2D eigenvalue weighted by Gasteiger charge is -2.34. The zero-order chi connectivity index (χ0) is 12.1. The molecule has 0 N–H and O–H groups in total. The number of ether oxygens (including phenoxy) is 3. The summed E-state index contributed by atoms with van der Waals surface area (Å²) in [6.45, 7) is 1.43. The molecule has 0 radical (unpaired) electrons. The molecule has 0 spiro atoms. The second-order valence-corrected chi connectivity index (χ2v) is 4.93. The summed E-state index contributed by atoms with van der Waals surface area (Å²) in [5.74, 6) is 0.907. The van der Waals surface area contributed by atoms with Crippen LogP contribution in [0.4, 0.5) is 0 Å². The van der Waals surface area contributed by atoms with Crippen LogP contribution in [0.25, 0.3) is 0 Å². The summed E-state index contributed by atoms with van der Waals surface area (Å²) in [6.07, 6.45) is 6.25. The molecule has 4 heteroatoms. The van der Waals surface area contributed by atoms with Gasteiger partial charge in [0.25, 0.3) is 0 Å². The lowest BCUT2D eigenvalue weighted by molar-refractivity contribution is -0.142. The maximum absolute atomic E-state index is 11.2. The Labute approximate surface area is 103 Å². The van der Waals surface area contributed by atoms with Gasteiger partial charge in [0.15, 0.2) is 6.29 Å². The van der Waals surface area contributed by atoms with Crippen LogP contribution in [0.5, 0.6) is 0 Å². The fourth-order valence-electron chi connectivity index (χ4n) is 2.98. The van der Waals surface area contributed by atoms with Crippen molar-refractivity contribution >= 4 is 5.97 Å². The molecule has 1 aliphatic heterocycles. The van der Waals surface area contributed by atoms with Gasteiger partial charge in [-0.15, -0.1) is 0 Å². The molecule has 1 heterocycles. The van der Waals surface area contributed by atoms with Gasteiger partial charge in [-0.3, -0.25) is 4.79 Å². The van der Waals surface area contributed by atoms with E-state index in [2.05, 4.69) is 0 Å². The molecule has 0 aromatic carbocycles. The minimum atomic E-state index is -0.109. The van der Waals surface area contributed by atoms with Crippen molar-refractivity contribution in [2.75, 3.05) is 20.3 Å². The molecule has 98 valence electrons. The van der Waals surface area contributed by atoms with Crippen molar-refractivity contribution in [3.63, 3.8) is 0 Å². The second kappa shape index (κ2) is 6.36. The SMILES string of the molecule is COC(=O)CCC1CCCCC1C1OCCO1. The highest BCUT2D eigenvalue weighted by molar-refractivity contribution is 5.69. The van der Waals surface area contributed by atoms with E-state index >= 15 is 0 Å². The maximum Gasteiger partial charge on any atom is 0.305 e. The van der Waals surface area contributed by atoms with E-state index in [0.29, 0.717) is 31.5 Å². The smallest absolute Gasteiger partial charge is 0.305 e. The van der Waals surface area contributed by atoms with Crippen LogP contribution >= 0.6 is 0 Å². The minimum Gasteiger partial charge on any atom is -0.469 e. The number of methoxy groups -OCH3 is 1. The number of rotatable bonds is 4. The lowest BCUT2D eigenvalue weighted by Crippen LogP contribution is -2.32. The highest BCUT2D eigenvalue weighted by Gasteiger charge is 2.35. The highest BCUT2D eigenvalue weighted by atomic mass is 16.7. The van der Waals surface area contributed by atoms with Crippen LogP contribution in [0.3, 0.4) is 0 Å². The second-order valence-electron chi connectivity index (χ2n) is 4.93. The van der Waals surface area contributed by atoms with E-state index in [0.717, 1.165) is 12.8 Å². The Kier molecular flexibility index (Phi) is 4.80. The Hall–Kier alpha value is -0.610. The molecule has 1 aliphatic carbocycles. The highest BCUT2D eigenvalue weighted by Crippen LogP contribution is 2.37. The Bertz CT molecular complexity index is 248. The summed E-state index contributed by atoms with van der Waals surface area (Å²) >= 11 is 0. The number of carbonyl (C=O) groups is 1. The van der Waals surface area contributed by atoms with Gasteiger partial charge in [0.05, 0.1) is 20.3 Å². The molecule has 17 heavy (non-hydrogen) atoms. The zero-order valence-corrected chi connectivity index (χ0v) is 10.5. The van der Waals surface area contributed by atoms with Gasteiger partial charge in [-0.1, -0.05) is 12.8 Å². The van der Waals surface area contributed by atoms with Crippen LogP contribution in [0.1, 0.15) is 38.5 Å². The van der Waals surface area contributed by atoms with Crippen molar-refractivity contribution in [3.05, 3.63) is 0 Å². The van der Waals surface area contributed by atoms with Gasteiger partial charge in [-0.05, 0) is 25.2 Å². The summed E-state index contributed by atoms with van der Waals surface area (Å²) < 4.78 is 15.9. The molecule has 2 fully saturated rings. The Morgan fingerprint density at radius 2 is 1.94 bits per heavy atom. The topological polar surface area (TPSA) is 44.8 Å². The van der Waals surface area contributed by atoms with Crippen molar-refractivity contribution in [2.24, 2.45) is 11.8 Å². The number of hydrogen-bond donors (Lipinski definition) is 0. The lowest BCUT2D eigenvalue weighted by atomic mass is 9.76. The first-order chi connectivity index (χ1) is 8.31. The van der Waals surface area contributed by atoms with Gasteiger partial charge >= 0.3 is 5.97 Å². The molecular formula is C13H22O4. The molecule has 1 saturated heterocycles. The van der Waals surface area contributed by atoms with Crippen LogP contribution < -0.4 is 0 Å². The standard InChI is InChI=1S/C13H22O4/c1-15-12(14)7-6-10-4-2-3-5-11(10)13-16-8-9-17-13/h10-11,13H,2-9H2,1H3. The van der Waals surface area contributed by atoms with Crippen molar-refractivity contribution in [2.45, 2.75) is 44.8 Å². The number of esters is 1. The summed E-state index contributed by atoms with van der Waals surface area (Å²) in [5, 5.41) is 0. The molecule has 4 nitrogen and oxygen atoms in total. The maximum atomic E-state index is 11.2. The van der Waals surface area contributed by atoms with Gasteiger partial charge < -0.3 is 14.2 Å². The Morgan fingerprint density at radius 3 is 2.65 bits per heavy atom. The molecule has 0 aromatic rings. The predicted octanol–water partition coefficient (Wildman–Crippen LogP) is 2.12. The summed E-state index contributed by atoms with van der Waals surface area (Å²) in [5.41, 5.74) is 0. The molecule has 1 saturated carbocycles. The number of hydrogen-bond acceptors (Lipinski definition) is 4. The van der Waals surface area contributed by atoms with Gasteiger partial charge in [0.1, 0.15) is 0 Å².